The predicted octanol–water partition coefficient (Wildman–Crippen LogP) is 5.08. The normalized spacial score (nSPS) is 17.6. The quantitative estimate of drug-likeness (QED) is 0.401. The maximum atomic E-state index is 15.4. The Bertz CT molecular complexity index is 1550. The molecule has 3 aliphatic rings. The van der Waals surface area contributed by atoms with Gasteiger partial charge in [-0.1, -0.05) is 12.1 Å². The minimum absolute atomic E-state index is 0.152. The number of benzene rings is 2. The monoisotopic (exact) mass is 500 g/mol. The molecule has 1 N–H and O–H groups in total. The predicted molar refractivity (Wildman–Crippen MR) is 133 cm³/mol. The third-order valence-corrected chi connectivity index (χ3v) is 8.17. The van der Waals surface area contributed by atoms with Gasteiger partial charge in [0.05, 0.1) is 35.5 Å². The van der Waals surface area contributed by atoms with Crippen LogP contribution in [0.2, 0.25) is 0 Å². The largest absolute Gasteiger partial charge is 0.385 e. The second kappa shape index (κ2) is 7.92. The minimum atomic E-state index is -0.903. The SMILES string of the molecule is Cn1cc2c(-c3cc(F)c(CN4Cc5ncccc5C4=O)c(F)c3)ccc(C(O)(C3CC3)C3CC3)c2n1. The summed E-state index contributed by atoms with van der Waals surface area (Å²) in [6.45, 7) is 0.0441. The van der Waals surface area contributed by atoms with Gasteiger partial charge in [-0.25, -0.2) is 8.78 Å². The van der Waals surface area contributed by atoms with E-state index in [0.717, 1.165) is 36.6 Å². The maximum absolute atomic E-state index is 15.4. The molecule has 2 saturated carbocycles. The lowest BCUT2D eigenvalue weighted by atomic mass is 9.82. The van der Waals surface area contributed by atoms with Crippen LogP contribution in [-0.4, -0.2) is 30.7 Å². The Kier molecular flexibility index (Phi) is 4.83. The van der Waals surface area contributed by atoms with Gasteiger partial charge >= 0.3 is 0 Å². The second-order valence-corrected chi connectivity index (χ2v) is 10.7. The molecule has 6 nitrogen and oxygen atoms in total. The van der Waals surface area contributed by atoms with Gasteiger partial charge < -0.3 is 10.0 Å². The Labute approximate surface area is 212 Å². The number of hydrogen-bond donors (Lipinski definition) is 1. The summed E-state index contributed by atoms with van der Waals surface area (Å²) in [6.07, 6.45) is 7.45. The lowest BCUT2D eigenvalue weighted by Gasteiger charge is -2.29. The van der Waals surface area contributed by atoms with Crippen LogP contribution in [0.25, 0.3) is 22.0 Å². The van der Waals surface area contributed by atoms with E-state index in [0.29, 0.717) is 27.9 Å². The van der Waals surface area contributed by atoms with Gasteiger partial charge in [-0.3, -0.25) is 14.5 Å². The van der Waals surface area contributed by atoms with E-state index < -0.39 is 17.2 Å². The van der Waals surface area contributed by atoms with Crippen molar-refractivity contribution in [3.05, 3.63) is 82.8 Å². The van der Waals surface area contributed by atoms with Crippen molar-refractivity contribution < 1.29 is 18.7 Å². The van der Waals surface area contributed by atoms with Crippen LogP contribution < -0.4 is 0 Å². The van der Waals surface area contributed by atoms with E-state index in [2.05, 4.69) is 10.1 Å². The minimum Gasteiger partial charge on any atom is -0.385 e. The van der Waals surface area contributed by atoms with Crippen molar-refractivity contribution in [1.82, 2.24) is 19.7 Å². The molecule has 37 heavy (non-hydrogen) atoms. The summed E-state index contributed by atoms with van der Waals surface area (Å²) >= 11 is 0. The van der Waals surface area contributed by atoms with Crippen LogP contribution in [0.1, 0.15) is 52.9 Å². The highest BCUT2D eigenvalue weighted by Crippen LogP contribution is 2.58. The summed E-state index contributed by atoms with van der Waals surface area (Å²) in [4.78, 5) is 18.3. The molecule has 0 atom stereocenters. The first-order chi connectivity index (χ1) is 17.8. The number of carbonyl (C=O) groups excluding carboxylic acids is 1. The zero-order valence-corrected chi connectivity index (χ0v) is 20.4. The highest BCUT2D eigenvalue weighted by Gasteiger charge is 2.55. The van der Waals surface area contributed by atoms with Gasteiger partial charge in [0, 0.05) is 36.0 Å². The highest BCUT2D eigenvalue weighted by molar-refractivity contribution is 5.98. The van der Waals surface area contributed by atoms with Crippen LogP contribution in [0.3, 0.4) is 0 Å². The van der Waals surface area contributed by atoms with Crippen molar-refractivity contribution in [3.8, 4) is 11.1 Å². The van der Waals surface area contributed by atoms with Crippen LogP contribution >= 0.6 is 0 Å². The van der Waals surface area contributed by atoms with Gasteiger partial charge in [0.25, 0.3) is 5.91 Å². The Morgan fingerprint density at radius 1 is 1.05 bits per heavy atom. The Hall–Kier alpha value is -3.65. The van der Waals surface area contributed by atoms with Crippen LogP contribution in [0.15, 0.2) is 48.8 Å². The number of fused-ring (bicyclic) bond motifs is 2. The van der Waals surface area contributed by atoms with Gasteiger partial charge in [0.2, 0.25) is 0 Å². The highest BCUT2D eigenvalue weighted by atomic mass is 19.1. The van der Waals surface area contributed by atoms with Crippen LogP contribution in [0.4, 0.5) is 8.78 Å². The number of pyridine rings is 1. The molecular weight excluding hydrogens is 474 g/mol. The van der Waals surface area contributed by atoms with E-state index in [4.69, 9.17) is 0 Å². The fourth-order valence-corrected chi connectivity index (χ4v) is 6.02. The molecule has 1 amide bonds. The Morgan fingerprint density at radius 2 is 1.76 bits per heavy atom. The molecule has 0 radical (unpaired) electrons. The molecule has 2 aromatic carbocycles. The van der Waals surface area contributed by atoms with Crippen molar-refractivity contribution in [2.24, 2.45) is 18.9 Å². The van der Waals surface area contributed by atoms with Crippen LogP contribution in [0.5, 0.6) is 0 Å². The number of rotatable bonds is 6. The fraction of sp³-hybridized carbons (Fsp3) is 0.345. The molecule has 3 heterocycles. The van der Waals surface area contributed by atoms with Gasteiger partial charge in [-0.15, -0.1) is 0 Å². The summed E-state index contributed by atoms with van der Waals surface area (Å²) in [5, 5.41) is 17.2. The molecule has 188 valence electrons. The van der Waals surface area contributed by atoms with E-state index in [1.807, 2.05) is 25.4 Å². The van der Waals surface area contributed by atoms with Gasteiger partial charge in [-0.2, -0.15) is 5.10 Å². The van der Waals surface area contributed by atoms with Crippen molar-refractivity contribution in [1.29, 1.82) is 0 Å². The van der Waals surface area contributed by atoms with E-state index in [1.165, 1.54) is 17.0 Å². The average molecular weight is 501 g/mol. The van der Waals surface area contributed by atoms with Crippen molar-refractivity contribution in [2.75, 3.05) is 0 Å². The first-order valence-electron chi connectivity index (χ1n) is 12.7. The van der Waals surface area contributed by atoms with Gasteiger partial charge in [-0.05, 0) is 72.9 Å². The molecule has 1 aliphatic heterocycles. The summed E-state index contributed by atoms with van der Waals surface area (Å²) < 4.78 is 32.4. The van der Waals surface area contributed by atoms with Crippen molar-refractivity contribution in [3.63, 3.8) is 0 Å². The number of aryl methyl sites for hydroxylation is 1. The van der Waals surface area contributed by atoms with Crippen LogP contribution in [-0.2, 0) is 25.7 Å². The molecule has 2 aromatic heterocycles. The molecule has 0 unspecified atom stereocenters. The molecule has 8 heteroatoms. The molecular formula is C29H26F2N4O2. The second-order valence-electron chi connectivity index (χ2n) is 10.7. The summed E-state index contributed by atoms with van der Waals surface area (Å²) in [6, 6.07) is 9.72. The number of hydrogen-bond acceptors (Lipinski definition) is 4. The number of carbonyl (C=O) groups is 1. The third kappa shape index (κ3) is 3.49. The number of aromatic nitrogens is 3. The van der Waals surface area contributed by atoms with E-state index in [9.17, 15) is 9.90 Å². The molecule has 0 saturated heterocycles. The molecule has 0 bridgehead atoms. The van der Waals surface area contributed by atoms with E-state index in [1.54, 1.807) is 23.0 Å². The molecule has 0 spiro atoms. The molecule has 4 aromatic rings. The topological polar surface area (TPSA) is 71.2 Å². The average Bonchev–Trinajstić information content (AvgIpc) is 3.80. The number of nitrogens with zero attached hydrogens (tertiary/aromatic N) is 4. The Balaban J connectivity index is 1.26. The first kappa shape index (κ1) is 22.5. The number of aliphatic hydroxyl groups is 1. The molecule has 2 aliphatic carbocycles. The van der Waals surface area contributed by atoms with Gasteiger partial charge in [0.15, 0.2) is 0 Å². The third-order valence-electron chi connectivity index (χ3n) is 8.17. The van der Waals surface area contributed by atoms with Crippen LogP contribution in [0, 0.1) is 23.5 Å². The van der Waals surface area contributed by atoms with Gasteiger partial charge in [0.1, 0.15) is 11.6 Å². The smallest absolute Gasteiger partial charge is 0.256 e. The first-order valence-corrected chi connectivity index (χ1v) is 12.7. The Morgan fingerprint density at radius 3 is 2.41 bits per heavy atom. The zero-order valence-electron chi connectivity index (χ0n) is 20.4. The number of amides is 1. The van der Waals surface area contributed by atoms with Crippen molar-refractivity contribution >= 4 is 16.8 Å². The van der Waals surface area contributed by atoms with E-state index in [-0.39, 0.29) is 36.4 Å². The zero-order chi connectivity index (χ0) is 25.5. The van der Waals surface area contributed by atoms with Crippen molar-refractivity contribution in [2.45, 2.75) is 44.4 Å². The fourth-order valence-electron chi connectivity index (χ4n) is 6.02. The lowest BCUT2D eigenvalue weighted by Crippen LogP contribution is -2.31. The molecule has 7 rings (SSSR count). The summed E-state index contributed by atoms with van der Waals surface area (Å²) in [7, 11) is 1.81. The summed E-state index contributed by atoms with van der Waals surface area (Å²) in [5.41, 5.74) is 2.56. The standard InChI is InChI=1S/C29H26F2N4O2/c1-34-13-21-19(8-9-23(27(21)33-34)29(37,17-4-5-17)18-6-7-18)16-11-24(30)22(25(31)12-16)14-35-15-26-20(28(35)36)3-2-10-32-26/h2-3,8-13,17-18,37H,4-7,14-15H2,1H3. The maximum Gasteiger partial charge on any atom is 0.256 e. The summed E-state index contributed by atoms with van der Waals surface area (Å²) in [5.74, 6) is -1.22. The lowest BCUT2D eigenvalue weighted by molar-refractivity contribution is -0.00895. The van der Waals surface area contributed by atoms with E-state index >= 15 is 8.78 Å². The molecule has 2 fully saturated rings. The number of halogens is 2.